The molecule has 1 aromatic carbocycles. The maximum atomic E-state index is 3.61. The molecular formula is C13H18BrN. The Hall–Kier alpha value is -0.340. The van der Waals surface area contributed by atoms with Crippen molar-refractivity contribution in [2.75, 3.05) is 7.05 Å². The summed E-state index contributed by atoms with van der Waals surface area (Å²) in [6, 6.07) is 9.16. The summed E-state index contributed by atoms with van der Waals surface area (Å²) in [5.41, 5.74) is 1.41. The van der Waals surface area contributed by atoms with Crippen LogP contribution in [-0.2, 0) is 6.42 Å². The molecule has 1 N–H and O–H groups in total. The minimum Gasteiger partial charge on any atom is -0.316 e. The van der Waals surface area contributed by atoms with Gasteiger partial charge in [-0.3, -0.25) is 0 Å². The molecule has 2 heteroatoms. The Balaban J connectivity index is 2.03. The summed E-state index contributed by atoms with van der Waals surface area (Å²) in [5.74, 6) is 1.78. The van der Waals surface area contributed by atoms with Crippen molar-refractivity contribution in [2.24, 2.45) is 11.8 Å². The second kappa shape index (κ2) is 4.67. The Morgan fingerprint density at radius 3 is 2.67 bits per heavy atom. The predicted molar refractivity (Wildman–Crippen MR) is 68.0 cm³/mol. The lowest BCUT2D eigenvalue weighted by molar-refractivity contribution is 0.479. The van der Waals surface area contributed by atoms with Crippen LogP contribution < -0.4 is 5.32 Å². The van der Waals surface area contributed by atoms with Gasteiger partial charge in [0.1, 0.15) is 0 Å². The summed E-state index contributed by atoms with van der Waals surface area (Å²) in [4.78, 5) is 0. The third-order valence-corrected chi connectivity index (χ3v) is 4.23. The van der Waals surface area contributed by atoms with Gasteiger partial charge in [-0.15, -0.1) is 0 Å². The van der Waals surface area contributed by atoms with Crippen molar-refractivity contribution < 1.29 is 0 Å². The van der Waals surface area contributed by atoms with Gasteiger partial charge in [-0.1, -0.05) is 41.1 Å². The minimum absolute atomic E-state index is 0.638. The van der Waals surface area contributed by atoms with Crippen LogP contribution in [0.2, 0.25) is 0 Å². The van der Waals surface area contributed by atoms with Crippen LogP contribution in [-0.4, -0.2) is 13.1 Å². The van der Waals surface area contributed by atoms with Gasteiger partial charge in [0.15, 0.2) is 0 Å². The first-order valence-corrected chi connectivity index (χ1v) is 6.42. The summed E-state index contributed by atoms with van der Waals surface area (Å²) in [5, 5.41) is 3.45. The molecule has 1 saturated carbocycles. The fraction of sp³-hybridized carbons (Fsp3) is 0.538. The Kier molecular flexibility index (Phi) is 3.47. The van der Waals surface area contributed by atoms with E-state index in [0.717, 1.165) is 18.3 Å². The average Bonchev–Trinajstić information content (AvgIpc) is 2.94. The van der Waals surface area contributed by atoms with Crippen LogP contribution in [0.25, 0.3) is 0 Å². The molecular weight excluding hydrogens is 250 g/mol. The summed E-state index contributed by atoms with van der Waals surface area (Å²) in [7, 11) is 2.08. The molecule has 0 radical (unpaired) electrons. The fourth-order valence-corrected chi connectivity index (χ4v) is 2.73. The average molecular weight is 268 g/mol. The Morgan fingerprint density at radius 2 is 2.13 bits per heavy atom. The molecule has 3 unspecified atom stereocenters. The number of nitrogens with one attached hydrogen (secondary N) is 1. The third-order valence-electron chi connectivity index (χ3n) is 3.46. The standard InChI is InChI=1S/C13H18BrN/c1-9-7-11(9)13(15-2)8-10-5-3-4-6-12(10)14/h3-6,9,11,13,15H,7-8H2,1-2H3. The fourth-order valence-electron chi connectivity index (χ4n) is 2.28. The number of likely N-dealkylation sites (N-methyl/N-ethyl adjacent to an activating group) is 1. The maximum Gasteiger partial charge on any atom is 0.0207 e. The van der Waals surface area contributed by atoms with E-state index >= 15 is 0 Å². The van der Waals surface area contributed by atoms with E-state index in [0.29, 0.717) is 6.04 Å². The van der Waals surface area contributed by atoms with Crippen LogP contribution in [0.15, 0.2) is 28.7 Å². The van der Waals surface area contributed by atoms with E-state index in [1.165, 1.54) is 16.5 Å². The predicted octanol–water partition coefficient (Wildman–Crippen LogP) is 3.24. The van der Waals surface area contributed by atoms with Gasteiger partial charge in [0, 0.05) is 10.5 Å². The van der Waals surface area contributed by atoms with Crippen LogP contribution >= 0.6 is 15.9 Å². The van der Waals surface area contributed by atoms with E-state index in [9.17, 15) is 0 Å². The molecule has 0 spiro atoms. The van der Waals surface area contributed by atoms with Gasteiger partial charge >= 0.3 is 0 Å². The normalized spacial score (nSPS) is 26.3. The molecule has 0 saturated heterocycles. The summed E-state index contributed by atoms with van der Waals surface area (Å²) in [6.07, 6.45) is 2.52. The number of hydrogen-bond acceptors (Lipinski definition) is 1. The van der Waals surface area contributed by atoms with E-state index in [1.807, 2.05) is 0 Å². The van der Waals surface area contributed by atoms with E-state index in [-0.39, 0.29) is 0 Å². The Morgan fingerprint density at radius 1 is 1.47 bits per heavy atom. The molecule has 3 atom stereocenters. The molecule has 1 fully saturated rings. The first-order chi connectivity index (χ1) is 7.22. The van der Waals surface area contributed by atoms with Crippen molar-refractivity contribution in [1.29, 1.82) is 0 Å². The summed E-state index contributed by atoms with van der Waals surface area (Å²) in [6.45, 7) is 2.34. The summed E-state index contributed by atoms with van der Waals surface area (Å²) < 4.78 is 1.23. The quantitative estimate of drug-likeness (QED) is 0.884. The van der Waals surface area contributed by atoms with E-state index in [1.54, 1.807) is 0 Å². The van der Waals surface area contributed by atoms with Crippen molar-refractivity contribution in [3.63, 3.8) is 0 Å². The second-order valence-corrected chi connectivity index (χ2v) is 5.42. The highest BCUT2D eigenvalue weighted by Crippen LogP contribution is 2.41. The maximum absolute atomic E-state index is 3.61. The van der Waals surface area contributed by atoms with Crippen LogP contribution in [0.4, 0.5) is 0 Å². The van der Waals surface area contributed by atoms with E-state index < -0.39 is 0 Å². The largest absolute Gasteiger partial charge is 0.316 e. The number of benzene rings is 1. The number of rotatable bonds is 4. The smallest absolute Gasteiger partial charge is 0.0207 e. The van der Waals surface area contributed by atoms with Crippen LogP contribution in [0, 0.1) is 11.8 Å². The lowest BCUT2D eigenvalue weighted by atomic mass is 10.0. The van der Waals surface area contributed by atoms with Gasteiger partial charge in [-0.25, -0.2) is 0 Å². The molecule has 0 aliphatic heterocycles. The van der Waals surface area contributed by atoms with Gasteiger partial charge in [0.2, 0.25) is 0 Å². The Bertz CT molecular complexity index is 337. The molecule has 0 amide bonds. The molecule has 1 aromatic rings. The van der Waals surface area contributed by atoms with Crippen molar-refractivity contribution in [1.82, 2.24) is 5.32 Å². The zero-order valence-corrected chi connectivity index (χ0v) is 10.9. The molecule has 1 aliphatic rings. The van der Waals surface area contributed by atoms with E-state index in [4.69, 9.17) is 0 Å². The molecule has 2 rings (SSSR count). The van der Waals surface area contributed by atoms with Crippen molar-refractivity contribution >= 4 is 15.9 Å². The van der Waals surface area contributed by atoms with Gasteiger partial charge in [-0.05, 0) is 43.4 Å². The van der Waals surface area contributed by atoms with Crippen molar-refractivity contribution in [3.05, 3.63) is 34.3 Å². The Labute approximate surface area is 100 Å². The SMILES string of the molecule is CNC(Cc1ccccc1Br)C1CC1C. The third kappa shape index (κ3) is 2.61. The van der Waals surface area contributed by atoms with Crippen LogP contribution in [0.3, 0.4) is 0 Å². The second-order valence-electron chi connectivity index (χ2n) is 4.57. The molecule has 0 aromatic heterocycles. The van der Waals surface area contributed by atoms with Gasteiger partial charge in [0.25, 0.3) is 0 Å². The number of hydrogen-bond donors (Lipinski definition) is 1. The van der Waals surface area contributed by atoms with Gasteiger partial charge < -0.3 is 5.32 Å². The lowest BCUT2D eigenvalue weighted by Gasteiger charge is -2.16. The highest BCUT2D eigenvalue weighted by atomic mass is 79.9. The molecule has 1 aliphatic carbocycles. The minimum atomic E-state index is 0.638. The highest BCUT2D eigenvalue weighted by molar-refractivity contribution is 9.10. The molecule has 1 nitrogen and oxygen atoms in total. The molecule has 15 heavy (non-hydrogen) atoms. The van der Waals surface area contributed by atoms with Gasteiger partial charge in [-0.2, -0.15) is 0 Å². The molecule has 82 valence electrons. The van der Waals surface area contributed by atoms with Crippen LogP contribution in [0.1, 0.15) is 18.9 Å². The first-order valence-electron chi connectivity index (χ1n) is 5.63. The molecule has 0 bridgehead atoms. The zero-order valence-electron chi connectivity index (χ0n) is 9.33. The lowest BCUT2D eigenvalue weighted by Crippen LogP contribution is -2.30. The van der Waals surface area contributed by atoms with Gasteiger partial charge in [0.05, 0.1) is 0 Å². The zero-order chi connectivity index (χ0) is 10.8. The van der Waals surface area contributed by atoms with Crippen molar-refractivity contribution in [3.8, 4) is 0 Å². The van der Waals surface area contributed by atoms with Crippen molar-refractivity contribution in [2.45, 2.75) is 25.8 Å². The monoisotopic (exact) mass is 267 g/mol. The highest BCUT2D eigenvalue weighted by Gasteiger charge is 2.38. The van der Waals surface area contributed by atoms with E-state index in [2.05, 4.69) is 59.5 Å². The molecule has 0 heterocycles. The first kappa shape index (κ1) is 11.2. The summed E-state index contributed by atoms with van der Waals surface area (Å²) >= 11 is 3.61. The topological polar surface area (TPSA) is 12.0 Å². The number of halogens is 1. The van der Waals surface area contributed by atoms with Crippen LogP contribution in [0.5, 0.6) is 0 Å².